The van der Waals surface area contributed by atoms with Crippen LogP contribution in [0.1, 0.15) is 32.6 Å². The third-order valence-corrected chi connectivity index (χ3v) is 5.52. The van der Waals surface area contributed by atoms with Gasteiger partial charge in [-0.05, 0) is 52.6 Å². The Morgan fingerprint density at radius 1 is 1.41 bits per heavy atom. The van der Waals surface area contributed by atoms with Crippen LogP contribution < -0.4 is 5.32 Å². The fraction of sp³-hybridized carbons (Fsp3) is 0.941. The van der Waals surface area contributed by atoms with Gasteiger partial charge in [-0.2, -0.15) is 0 Å². The highest BCUT2D eigenvalue weighted by atomic mass is 16.5. The first-order valence-corrected chi connectivity index (χ1v) is 8.91. The Kier molecular flexibility index (Phi) is 4.93. The van der Waals surface area contributed by atoms with Gasteiger partial charge < -0.3 is 19.9 Å². The average molecular weight is 308 g/mol. The Labute approximate surface area is 135 Å². The Morgan fingerprint density at radius 3 is 2.82 bits per heavy atom. The summed E-state index contributed by atoms with van der Waals surface area (Å²) in [5.41, 5.74) is 0.396. The molecule has 0 amide bonds. The standard InChI is InChI=1S/C17H32N4O/c1-4-18-16(19-11-15(20(2)3)14-5-6-14)21-9-7-17(12-21)8-10-22-13-17/h14-15H,4-13H2,1-3H3,(H,18,19). The molecule has 2 saturated heterocycles. The van der Waals surface area contributed by atoms with Crippen LogP contribution in [0, 0.1) is 11.3 Å². The number of likely N-dealkylation sites (N-methyl/N-ethyl adjacent to an activating group) is 1. The summed E-state index contributed by atoms with van der Waals surface area (Å²) in [6.45, 7) is 8.11. The normalized spacial score (nSPS) is 30.5. The summed E-state index contributed by atoms with van der Waals surface area (Å²) in [6, 6.07) is 0.597. The highest BCUT2D eigenvalue weighted by molar-refractivity contribution is 5.80. The van der Waals surface area contributed by atoms with Crippen LogP contribution in [0.2, 0.25) is 0 Å². The minimum absolute atomic E-state index is 0.396. The number of rotatable bonds is 5. The van der Waals surface area contributed by atoms with E-state index in [0.29, 0.717) is 11.5 Å². The molecule has 0 aromatic carbocycles. The van der Waals surface area contributed by atoms with Crippen LogP contribution >= 0.6 is 0 Å². The summed E-state index contributed by atoms with van der Waals surface area (Å²) in [4.78, 5) is 9.79. The fourth-order valence-corrected chi connectivity index (χ4v) is 3.91. The lowest BCUT2D eigenvalue weighted by atomic mass is 9.87. The molecular weight excluding hydrogens is 276 g/mol. The second kappa shape index (κ2) is 6.75. The highest BCUT2D eigenvalue weighted by Crippen LogP contribution is 2.38. The van der Waals surface area contributed by atoms with Crippen molar-refractivity contribution < 1.29 is 4.74 Å². The molecule has 2 atom stereocenters. The van der Waals surface area contributed by atoms with E-state index < -0.39 is 0 Å². The second-order valence-corrected chi connectivity index (χ2v) is 7.54. The number of guanidine groups is 1. The Hall–Kier alpha value is -0.810. The third kappa shape index (κ3) is 3.57. The molecule has 22 heavy (non-hydrogen) atoms. The van der Waals surface area contributed by atoms with Gasteiger partial charge in [0, 0.05) is 37.7 Å². The van der Waals surface area contributed by atoms with Crippen molar-refractivity contribution in [3.8, 4) is 0 Å². The van der Waals surface area contributed by atoms with E-state index >= 15 is 0 Å². The van der Waals surface area contributed by atoms with Crippen molar-refractivity contribution in [3.05, 3.63) is 0 Å². The summed E-state index contributed by atoms with van der Waals surface area (Å²) in [6.07, 6.45) is 5.21. The zero-order valence-electron chi connectivity index (χ0n) is 14.5. The van der Waals surface area contributed by atoms with Crippen LogP contribution in [0.3, 0.4) is 0 Å². The molecule has 1 aliphatic carbocycles. The van der Waals surface area contributed by atoms with E-state index in [-0.39, 0.29) is 0 Å². The fourth-order valence-electron chi connectivity index (χ4n) is 3.91. The Bertz CT molecular complexity index is 397. The molecule has 0 radical (unpaired) electrons. The number of hydrogen-bond donors (Lipinski definition) is 1. The maximum atomic E-state index is 5.65. The molecule has 1 saturated carbocycles. The molecule has 0 aromatic heterocycles. The molecule has 1 spiro atoms. The van der Waals surface area contributed by atoms with Crippen molar-refractivity contribution in [2.24, 2.45) is 16.3 Å². The molecular formula is C17H32N4O. The van der Waals surface area contributed by atoms with Crippen LogP contribution in [0.15, 0.2) is 4.99 Å². The maximum Gasteiger partial charge on any atom is 0.193 e. The number of ether oxygens (including phenoxy) is 1. The van der Waals surface area contributed by atoms with Crippen molar-refractivity contribution >= 4 is 5.96 Å². The number of aliphatic imine (C=N–C) groups is 1. The number of nitrogens with zero attached hydrogens (tertiary/aromatic N) is 3. The van der Waals surface area contributed by atoms with E-state index in [1.165, 1.54) is 25.7 Å². The van der Waals surface area contributed by atoms with Gasteiger partial charge in [0.2, 0.25) is 0 Å². The van der Waals surface area contributed by atoms with Gasteiger partial charge in [-0.25, -0.2) is 0 Å². The maximum absolute atomic E-state index is 5.65. The zero-order chi connectivity index (χ0) is 15.6. The predicted octanol–water partition coefficient (Wildman–Crippen LogP) is 1.40. The van der Waals surface area contributed by atoms with E-state index in [4.69, 9.17) is 9.73 Å². The molecule has 126 valence electrons. The molecule has 2 unspecified atom stereocenters. The SMILES string of the molecule is CCNC(=NCC(C1CC1)N(C)C)N1CCC2(CCOC2)C1. The molecule has 5 nitrogen and oxygen atoms in total. The molecule has 1 N–H and O–H groups in total. The van der Waals surface area contributed by atoms with Crippen LogP contribution in [0.25, 0.3) is 0 Å². The average Bonchev–Trinajstić information content (AvgIpc) is 3.08. The van der Waals surface area contributed by atoms with Gasteiger partial charge in [0.1, 0.15) is 0 Å². The van der Waals surface area contributed by atoms with E-state index in [1.807, 2.05) is 0 Å². The van der Waals surface area contributed by atoms with Crippen LogP contribution in [0.4, 0.5) is 0 Å². The van der Waals surface area contributed by atoms with Gasteiger partial charge in [0.15, 0.2) is 5.96 Å². The van der Waals surface area contributed by atoms with Gasteiger partial charge >= 0.3 is 0 Å². The number of likely N-dealkylation sites (tertiary alicyclic amines) is 1. The summed E-state index contributed by atoms with van der Waals surface area (Å²) in [5, 5.41) is 3.50. The van der Waals surface area contributed by atoms with E-state index in [2.05, 4.69) is 36.1 Å². The predicted molar refractivity (Wildman–Crippen MR) is 90.2 cm³/mol. The van der Waals surface area contributed by atoms with E-state index in [1.54, 1.807) is 0 Å². The van der Waals surface area contributed by atoms with E-state index in [9.17, 15) is 0 Å². The summed E-state index contributed by atoms with van der Waals surface area (Å²) >= 11 is 0. The summed E-state index contributed by atoms with van der Waals surface area (Å²) in [5.74, 6) is 1.97. The first-order chi connectivity index (χ1) is 10.6. The number of hydrogen-bond acceptors (Lipinski definition) is 3. The lowest BCUT2D eigenvalue weighted by Gasteiger charge is -2.27. The van der Waals surface area contributed by atoms with Gasteiger partial charge in [-0.1, -0.05) is 0 Å². The summed E-state index contributed by atoms with van der Waals surface area (Å²) in [7, 11) is 4.37. The summed E-state index contributed by atoms with van der Waals surface area (Å²) < 4.78 is 5.65. The van der Waals surface area contributed by atoms with Crippen LogP contribution in [0.5, 0.6) is 0 Å². The van der Waals surface area contributed by atoms with Gasteiger partial charge in [0.05, 0.1) is 13.2 Å². The minimum atomic E-state index is 0.396. The monoisotopic (exact) mass is 308 g/mol. The molecule has 2 heterocycles. The van der Waals surface area contributed by atoms with Gasteiger partial charge in [0.25, 0.3) is 0 Å². The molecule has 0 bridgehead atoms. The zero-order valence-corrected chi connectivity index (χ0v) is 14.5. The molecule has 0 aromatic rings. The van der Waals surface area contributed by atoms with Crippen molar-refractivity contribution in [1.82, 2.24) is 15.1 Å². The smallest absolute Gasteiger partial charge is 0.193 e. The first-order valence-electron chi connectivity index (χ1n) is 8.91. The van der Waals surface area contributed by atoms with Gasteiger partial charge in [-0.15, -0.1) is 0 Å². The van der Waals surface area contributed by atoms with Gasteiger partial charge in [-0.3, -0.25) is 4.99 Å². The largest absolute Gasteiger partial charge is 0.381 e. The Morgan fingerprint density at radius 2 is 2.23 bits per heavy atom. The van der Waals surface area contributed by atoms with Crippen LogP contribution in [-0.4, -0.2) is 75.3 Å². The molecule has 5 heteroatoms. The van der Waals surface area contributed by atoms with Crippen molar-refractivity contribution in [3.63, 3.8) is 0 Å². The highest BCUT2D eigenvalue weighted by Gasteiger charge is 2.42. The third-order valence-electron chi connectivity index (χ3n) is 5.52. The van der Waals surface area contributed by atoms with Crippen LogP contribution in [-0.2, 0) is 4.74 Å². The first kappa shape index (κ1) is 16.1. The Balaban J connectivity index is 1.63. The number of nitrogens with one attached hydrogen (secondary N) is 1. The lowest BCUT2D eigenvalue weighted by Crippen LogP contribution is -2.42. The van der Waals surface area contributed by atoms with Crippen molar-refractivity contribution in [1.29, 1.82) is 0 Å². The molecule has 3 rings (SSSR count). The molecule has 2 aliphatic heterocycles. The quantitative estimate of drug-likeness (QED) is 0.616. The molecule has 3 aliphatic rings. The minimum Gasteiger partial charge on any atom is -0.381 e. The van der Waals surface area contributed by atoms with E-state index in [0.717, 1.165) is 51.3 Å². The van der Waals surface area contributed by atoms with Crippen molar-refractivity contribution in [2.75, 3.05) is 53.5 Å². The topological polar surface area (TPSA) is 40.1 Å². The lowest BCUT2D eigenvalue weighted by molar-refractivity contribution is 0.156. The van der Waals surface area contributed by atoms with Crippen molar-refractivity contribution in [2.45, 2.75) is 38.6 Å². The molecule has 3 fully saturated rings. The second-order valence-electron chi connectivity index (χ2n) is 7.54.